The van der Waals surface area contributed by atoms with Crippen molar-refractivity contribution in [3.8, 4) is 0 Å². The van der Waals surface area contributed by atoms with Gasteiger partial charge in [-0.25, -0.2) is 4.79 Å². The summed E-state index contributed by atoms with van der Waals surface area (Å²) in [4.78, 5) is 12.1. The lowest BCUT2D eigenvalue weighted by atomic mass is 9.94. The zero-order valence-corrected chi connectivity index (χ0v) is 13.4. The lowest BCUT2D eigenvalue weighted by molar-refractivity contribution is -0.222. The average Bonchev–Trinajstić information content (AvgIpc) is 3.43. The van der Waals surface area contributed by atoms with Crippen LogP contribution in [0.3, 0.4) is 0 Å². The molecule has 0 radical (unpaired) electrons. The topological polar surface area (TPSA) is 44.8 Å². The van der Waals surface area contributed by atoms with Gasteiger partial charge in [0.05, 0.1) is 6.61 Å². The molecular weight excluding hydrogens is 280 g/mol. The van der Waals surface area contributed by atoms with Gasteiger partial charge in [0.25, 0.3) is 0 Å². The van der Waals surface area contributed by atoms with Crippen molar-refractivity contribution in [3.63, 3.8) is 0 Å². The smallest absolute Gasteiger partial charge is 0.333 e. The first-order valence-corrected chi connectivity index (χ1v) is 8.76. The van der Waals surface area contributed by atoms with E-state index in [2.05, 4.69) is 6.58 Å². The summed E-state index contributed by atoms with van der Waals surface area (Å²) in [6.45, 7) is 5.98. The molecule has 0 N–H and O–H groups in total. The van der Waals surface area contributed by atoms with Gasteiger partial charge in [0, 0.05) is 17.4 Å². The summed E-state index contributed by atoms with van der Waals surface area (Å²) in [5.74, 6) is 0.456. The number of carbonyl (C=O) groups excluding carboxylic acids is 1. The summed E-state index contributed by atoms with van der Waals surface area (Å²) >= 11 is 0. The summed E-state index contributed by atoms with van der Waals surface area (Å²) < 4.78 is 18.7. The van der Waals surface area contributed by atoms with Crippen LogP contribution in [0.1, 0.15) is 58.3 Å². The van der Waals surface area contributed by atoms with Crippen LogP contribution >= 0.6 is 0 Å². The average molecular weight is 306 g/mol. The summed E-state index contributed by atoms with van der Waals surface area (Å²) in [5.41, 5.74) is -0.0393. The Kier molecular flexibility index (Phi) is 3.39. The van der Waals surface area contributed by atoms with Crippen LogP contribution < -0.4 is 0 Å². The van der Waals surface area contributed by atoms with Gasteiger partial charge in [0.1, 0.15) is 11.7 Å². The molecule has 3 aliphatic carbocycles. The van der Waals surface area contributed by atoms with E-state index < -0.39 is 5.60 Å². The molecule has 1 aliphatic heterocycles. The molecule has 4 rings (SSSR count). The third-order valence-electron chi connectivity index (χ3n) is 5.76. The summed E-state index contributed by atoms with van der Waals surface area (Å²) in [6, 6.07) is 0. The van der Waals surface area contributed by atoms with E-state index in [0.29, 0.717) is 24.0 Å². The fourth-order valence-electron chi connectivity index (χ4n) is 4.22. The monoisotopic (exact) mass is 306 g/mol. The lowest BCUT2D eigenvalue weighted by Crippen LogP contribution is -2.47. The molecule has 1 saturated heterocycles. The van der Waals surface area contributed by atoms with Crippen LogP contribution in [0.2, 0.25) is 0 Å². The Bertz CT molecular complexity index is 471. The second-order valence-electron chi connectivity index (χ2n) is 7.63. The number of rotatable bonds is 5. The van der Waals surface area contributed by atoms with E-state index in [-0.39, 0.29) is 17.9 Å². The molecule has 0 spiro atoms. The maximum atomic E-state index is 12.1. The van der Waals surface area contributed by atoms with Crippen LogP contribution in [0.25, 0.3) is 0 Å². The standard InChI is InChI=1S/C18H26O4/c1-12(2)16(19)22-17(9-3-4-10-17)15-11-20-18(21-15,13-5-6-13)14-7-8-14/h13-15H,1,3-11H2,2H3. The molecule has 0 aromatic carbocycles. The predicted molar refractivity (Wildman–Crippen MR) is 81.1 cm³/mol. The minimum absolute atomic E-state index is 0.112. The van der Waals surface area contributed by atoms with Gasteiger partial charge in [-0.3, -0.25) is 0 Å². The van der Waals surface area contributed by atoms with Crippen LogP contribution in [-0.2, 0) is 19.0 Å². The van der Waals surface area contributed by atoms with E-state index in [1.807, 2.05) is 0 Å². The molecule has 3 saturated carbocycles. The van der Waals surface area contributed by atoms with E-state index in [0.717, 1.165) is 25.7 Å². The number of hydrogen-bond acceptors (Lipinski definition) is 4. The third-order valence-corrected chi connectivity index (χ3v) is 5.76. The molecule has 4 nitrogen and oxygen atoms in total. The van der Waals surface area contributed by atoms with Gasteiger partial charge in [-0.1, -0.05) is 6.58 Å². The van der Waals surface area contributed by atoms with Crippen LogP contribution in [0, 0.1) is 11.8 Å². The van der Waals surface area contributed by atoms with Gasteiger partial charge < -0.3 is 14.2 Å². The van der Waals surface area contributed by atoms with E-state index in [9.17, 15) is 4.79 Å². The largest absolute Gasteiger partial charge is 0.453 e. The molecule has 0 amide bonds. The zero-order chi connectivity index (χ0) is 15.4. The molecule has 4 heteroatoms. The molecule has 1 unspecified atom stereocenters. The maximum absolute atomic E-state index is 12.1. The molecule has 0 aromatic rings. The van der Waals surface area contributed by atoms with E-state index in [1.54, 1.807) is 6.92 Å². The van der Waals surface area contributed by atoms with Crippen LogP contribution in [0.5, 0.6) is 0 Å². The molecule has 4 aliphatic rings. The summed E-state index contributed by atoms with van der Waals surface area (Å²) in [6.07, 6.45) is 8.66. The number of esters is 1. The van der Waals surface area contributed by atoms with E-state index >= 15 is 0 Å². The van der Waals surface area contributed by atoms with Gasteiger partial charge in [-0.05, 0) is 58.3 Å². The lowest BCUT2D eigenvalue weighted by Gasteiger charge is -2.36. The molecule has 1 heterocycles. The van der Waals surface area contributed by atoms with Crippen LogP contribution in [0.4, 0.5) is 0 Å². The minimum Gasteiger partial charge on any atom is -0.453 e. The van der Waals surface area contributed by atoms with Crippen molar-refractivity contribution in [2.24, 2.45) is 11.8 Å². The maximum Gasteiger partial charge on any atom is 0.333 e. The van der Waals surface area contributed by atoms with Crippen molar-refractivity contribution in [1.82, 2.24) is 0 Å². The highest BCUT2D eigenvalue weighted by atomic mass is 16.8. The first kappa shape index (κ1) is 14.7. The Morgan fingerprint density at radius 2 is 1.73 bits per heavy atom. The third kappa shape index (κ3) is 2.31. The molecule has 0 aromatic heterocycles. The minimum atomic E-state index is -0.498. The summed E-state index contributed by atoms with van der Waals surface area (Å²) in [5, 5.41) is 0. The highest BCUT2D eigenvalue weighted by Gasteiger charge is 2.63. The Balaban J connectivity index is 1.54. The van der Waals surface area contributed by atoms with Gasteiger partial charge >= 0.3 is 5.97 Å². The molecule has 4 fully saturated rings. The number of hydrogen-bond donors (Lipinski definition) is 0. The van der Waals surface area contributed by atoms with Crippen molar-refractivity contribution in [2.45, 2.75) is 75.8 Å². The van der Waals surface area contributed by atoms with Gasteiger partial charge in [0.15, 0.2) is 5.79 Å². The Morgan fingerprint density at radius 1 is 1.14 bits per heavy atom. The van der Waals surface area contributed by atoms with Crippen LogP contribution in [-0.4, -0.2) is 30.1 Å². The quantitative estimate of drug-likeness (QED) is 0.577. The first-order valence-electron chi connectivity index (χ1n) is 8.76. The van der Waals surface area contributed by atoms with Crippen molar-refractivity contribution in [2.75, 3.05) is 6.61 Å². The van der Waals surface area contributed by atoms with Gasteiger partial charge in [-0.2, -0.15) is 0 Å². The fourth-order valence-corrected chi connectivity index (χ4v) is 4.22. The van der Waals surface area contributed by atoms with Crippen molar-refractivity contribution < 1.29 is 19.0 Å². The highest BCUT2D eigenvalue weighted by Crippen LogP contribution is 2.58. The predicted octanol–water partition coefficient (Wildman–Crippen LogP) is 3.35. The van der Waals surface area contributed by atoms with Gasteiger partial charge in [-0.15, -0.1) is 0 Å². The van der Waals surface area contributed by atoms with E-state index in [4.69, 9.17) is 14.2 Å². The fraction of sp³-hybridized carbons (Fsp3) is 0.833. The number of ether oxygens (including phenoxy) is 3. The van der Waals surface area contributed by atoms with Crippen molar-refractivity contribution in [1.29, 1.82) is 0 Å². The van der Waals surface area contributed by atoms with Crippen LogP contribution in [0.15, 0.2) is 12.2 Å². The second kappa shape index (κ2) is 5.07. The van der Waals surface area contributed by atoms with Crippen molar-refractivity contribution >= 4 is 5.97 Å². The van der Waals surface area contributed by atoms with E-state index in [1.165, 1.54) is 25.7 Å². The summed E-state index contributed by atoms with van der Waals surface area (Å²) in [7, 11) is 0. The Morgan fingerprint density at radius 3 is 2.23 bits per heavy atom. The molecular formula is C18H26O4. The Hall–Kier alpha value is -0.870. The SMILES string of the molecule is C=C(C)C(=O)OC1(C2COC(C3CC3)(C3CC3)O2)CCCC1. The molecule has 122 valence electrons. The molecule has 0 bridgehead atoms. The van der Waals surface area contributed by atoms with Crippen molar-refractivity contribution in [3.05, 3.63) is 12.2 Å². The van der Waals surface area contributed by atoms with Gasteiger partial charge in [0.2, 0.25) is 0 Å². The molecule has 22 heavy (non-hydrogen) atoms. The number of carbonyl (C=O) groups is 1. The normalized spacial score (nSPS) is 32.9. The Labute approximate surface area is 132 Å². The first-order chi connectivity index (χ1) is 10.6. The zero-order valence-electron chi connectivity index (χ0n) is 13.4. The molecule has 1 atom stereocenters. The highest BCUT2D eigenvalue weighted by molar-refractivity contribution is 5.87. The second-order valence-corrected chi connectivity index (χ2v) is 7.63.